The Morgan fingerprint density at radius 1 is 1.28 bits per heavy atom. The number of rotatable bonds is 3. The van der Waals surface area contributed by atoms with Gasteiger partial charge in [0, 0.05) is 9.35 Å². The van der Waals surface area contributed by atoms with E-state index in [0.717, 1.165) is 10.0 Å². The van der Waals surface area contributed by atoms with Gasteiger partial charge in [-0.3, -0.25) is 0 Å². The zero-order chi connectivity index (χ0) is 13.1. The molecule has 0 saturated carbocycles. The first kappa shape index (κ1) is 13.3. The number of aliphatic carboxylic acids is 1. The highest BCUT2D eigenvalue weighted by atomic mass is 79.9. The maximum atomic E-state index is 11.3. The second kappa shape index (κ2) is 5.69. The summed E-state index contributed by atoms with van der Waals surface area (Å²) in [7, 11) is 0. The first-order valence-electron chi connectivity index (χ1n) is 5.03. The number of carboxylic acid groups (broad SMARTS) is 1. The van der Waals surface area contributed by atoms with Crippen molar-refractivity contribution in [3.05, 3.63) is 55.6 Å². The Bertz CT molecular complexity index is 619. The van der Waals surface area contributed by atoms with Gasteiger partial charge in [0.2, 0.25) is 0 Å². The van der Waals surface area contributed by atoms with Crippen LogP contribution in [0.3, 0.4) is 0 Å². The molecule has 92 valence electrons. The SMILES string of the molecule is O=C(O)/C(=C\c1ccccc1Br)c1ccc(Cl)s1. The van der Waals surface area contributed by atoms with Crippen LogP contribution in [-0.4, -0.2) is 11.1 Å². The van der Waals surface area contributed by atoms with Crippen molar-refractivity contribution in [3.8, 4) is 0 Å². The number of hydrogen-bond donors (Lipinski definition) is 1. The van der Waals surface area contributed by atoms with Crippen molar-refractivity contribution >= 4 is 56.5 Å². The van der Waals surface area contributed by atoms with E-state index in [4.69, 9.17) is 11.6 Å². The molecule has 0 amide bonds. The Labute approximate surface area is 122 Å². The molecular formula is C13H8BrClO2S. The van der Waals surface area contributed by atoms with Gasteiger partial charge in [0.05, 0.1) is 9.91 Å². The fraction of sp³-hybridized carbons (Fsp3) is 0. The average Bonchev–Trinajstić information content (AvgIpc) is 2.74. The molecule has 2 nitrogen and oxygen atoms in total. The number of benzene rings is 1. The summed E-state index contributed by atoms with van der Waals surface area (Å²) in [6, 6.07) is 10.9. The summed E-state index contributed by atoms with van der Waals surface area (Å²) in [5.41, 5.74) is 1.05. The van der Waals surface area contributed by atoms with Crippen LogP contribution in [0.15, 0.2) is 40.9 Å². The molecular weight excluding hydrogens is 336 g/mol. The van der Waals surface area contributed by atoms with Crippen LogP contribution in [0.5, 0.6) is 0 Å². The van der Waals surface area contributed by atoms with Crippen LogP contribution in [0.4, 0.5) is 0 Å². The highest BCUT2D eigenvalue weighted by Crippen LogP contribution is 2.30. The predicted octanol–water partition coefficient (Wildman–Crippen LogP) is 4.79. The molecule has 0 saturated heterocycles. The minimum absolute atomic E-state index is 0.235. The molecule has 0 unspecified atom stereocenters. The molecule has 0 atom stereocenters. The van der Waals surface area contributed by atoms with Gasteiger partial charge in [-0.2, -0.15) is 0 Å². The highest BCUT2D eigenvalue weighted by Gasteiger charge is 2.13. The summed E-state index contributed by atoms with van der Waals surface area (Å²) in [5.74, 6) is -0.968. The third kappa shape index (κ3) is 3.02. The molecule has 0 aliphatic carbocycles. The van der Waals surface area contributed by atoms with E-state index < -0.39 is 5.97 Å². The van der Waals surface area contributed by atoms with Gasteiger partial charge >= 0.3 is 5.97 Å². The molecule has 1 N–H and O–H groups in total. The Morgan fingerprint density at radius 3 is 2.56 bits per heavy atom. The van der Waals surface area contributed by atoms with E-state index in [0.29, 0.717) is 9.21 Å². The van der Waals surface area contributed by atoms with Crippen LogP contribution in [0.25, 0.3) is 11.6 Å². The largest absolute Gasteiger partial charge is 0.478 e. The van der Waals surface area contributed by atoms with Crippen LogP contribution in [-0.2, 0) is 4.79 Å². The molecule has 0 bridgehead atoms. The van der Waals surface area contributed by atoms with Crippen molar-refractivity contribution in [2.24, 2.45) is 0 Å². The predicted molar refractivity (Wildman–Crippen MR) is 79.0 cm³/mol. The topological polar surface area (TPSA) is 37.3 Å². The van der Waals surface area contributed by atoms with Crippen LogP contribution < -0.4 is 0 Å². The minimum Gasteiger partial charge on any atom is -0.478 e. The molecule has 5 heteroatoms. The maximum absolute atomic E-state index is 11.3. The van der Waals surface area contributed by atoms with Gasteiger partial charge in [-0.1, -0.05) is 45.7 Å². The third-order valence-corrected chi connectivity index (χ3v) is 4.26. The standard InChI is InChI=1S/C13H8BrClO2S/c14-10-4-2-1-3-8(10)7-9(13(16)17)11-5-6-12(15)18-11/h1-7H,(H,16,17)/b9-7-. The minimum atomic E-state index is -0.968. The second-order valence-corrected chi connectivity index (χ2v) is 6.06. The maximum Gasteiger partial charge on any atom is 0.337 e. The van der Waals surface area contributed by atoms with Crippen LogP contribution >= 0.6 is 38.9 Å². The second-order valence-electron chi connectivity index (χ2n) is 3.49. The number of carboxylic acids is 1. The van der Waals surface area contributed by atoms with Gasteiger partial charge in [0.1, 0.15) is 0 Å². The quantitative estimate of drug-likeness (QED) is 0.814. The monoisotopic (exact) mass is 342 g/mol. The zero-order valence-electron chi connectivity index (χ0n) is 9.06. The fourth-order valence-electron chi connectivity index (χ4n) is 1.44. The van der Waals surface area contributed by atoms with Crippen molar-refractivity contribution in [3.63, 3.8) is 0 Å². The molecule has 0 radical (unpaired) electrons. The fourth-order valence-corrected chi connectivity index (χ4v) is 2.89. The van der Waals surface area contributed by atoms with Crippen LogP contribution in [0, 0.1) is 0 Å². The first-order chi connectivity index (χ1) is 8.58. The van der Waals surface area contributed by atoms with Gasteiger partial charge in [-0.05, 0) is 29.8 Å². The zero-order valence-corrected chi connectivity index (χ0v) is 12.2. The molecule has 1 aromatic heterocycles. The van der Waals surface area contributed by atoms with Crippen molar-refractivity contribution in [1.29, 1.82) is 0 Å². The summed E-state index contributed by atoms with van der Waals surface area (Å²) in [5, 5.41) is 9.27. The van der Waals surface area contributed by atoms with Crippen molar-refractivity contribution in [2.75, 3.05) is 0 Å². The van der Waals surface area contributed by atoms with E-state index in [1.54, 1.807) is 18.2 Å². The van der Waals surface area contributed by atoms with Gasteiger partial charge in [0.25, 0.3) is 0 Å². The lowest BCUT2D eigenvalue weighted by Gasteiger charge is -2.01. The Hall–Kier alpha value is -1.10. The van der Waals surface area contributed by atoms with Gasteiger partial charge in [-0.25, -0.2) is 4.79 Å². The lowest BCUT2D eigenvalue weighted by molar-refractivity contribution is -0.130. The Kier molecular flexibility index (Phi) is 4.22. The molecule has 1 heterocycles. The molecule has 0 aliphatic heterocycles. The Balaban J connectivity index is 2.49. The van der Waals surface area contributed by atoms with Crippen molar-refractivity contribution in [2.45, 2.75) is 0 Å². The number of carbonyl (C=O) groups is 1. The first-order valence-corrected chi connectivity index (χ1v) is 7.02. The average molecular weight is 344 g/mol. The summed E-state index contributed by atoms with van der Waals surface area (Å²) in [6.45, 7) is 0. The lowest BCUT2D eigenvalue weighted by Crippen LogP contribution is -1.97. The third-order valence-electron chi connectivity index (χ3n) is 2.27. The van der Waals surface area contributed by atoms with Gasteiger partial charge in [-0.15, -0.1) is 11.3 Å². The van der Waals surface area contributed by atoms with Gasteiger partial charge in [0.15, 0.2) is 0 Å². The summed E-state index contributed by atoms with van der Waals surface area (Å²) in [4.78, 5) is 11.9. The van der Waals surface area contributed by atoms with Crippen molar-refractivity contribution < 1.29 is 9.90 Å². The summed E-state index contributed by atoms with van der Waals surface area (Å²) >= 11 is 10.5. The number of thiophene rings is 1. The van der Waals surface area contributed by atoms with E-state index in [2.05, 4.69) is 15.9 Å². The number of hydrogen-bond acceptors (Lipinski definition) is 2. The molecule has 2 aromatic rings. The molecule has 0 aliphatic rings. The smallest absolute Gasteiger partial charge is 0.337 e. The van der Waals surface area contributed by atoms with E-state index in [-0.39, 0.29) is 5.57 Å². The van der Waals surface area contributed by atoms with Crippen LogP contribution in [0.1, 0.15) is 10.4 Å². The molecule has 0 spiro atoms. The van der Waals surface area contributed by atoms with Crippen LogP contribution in [0.2, 0.25) is 4.34 Å². The van der Waals surface area contributed by atoms with E-state index in [1.165, 1.54) is 11.3 Å². The normalized spacial score (nSPS) is 11.6. The summed E-state index contributed by atoms with van der Waals surface area (Å²) in [6.07, 6.45) is 1.63. The molecule has 0 fully saturated rings. The Morgan fingerprint density at radius 2 is 2.00 bits per heavy atom. The summed E-state index contributed by atoms with van der Waals surface area (Å²) < 4.78 is 1.43. The molecule has 18 heavy (non-hydrogen) atoms. The highest BCUT2D eigenvalue weighted by molar-refractivity contribution is 9.10. The van der Waals surface area contributed by atoms with E-state index in [9.17, 15) is 9.90 Å². The number of halogens is 2. The van der Waals surface area contributed by atoms with Crippen molar-refractivity contribution in [1.82, 2.24) is 0 Å². The van der Waals surface area contributed by atoms with Gasteiger partial charge < -0.3 is 5.11 Å². The van der Waals surface area contributed by atoms with E-state index in [1.807, 2.05) is 24.3 Å². The molecule has 1 aromatic carbocycles. The van der Waals surface area contributed by atoms with E-state index >= 15 is 0 Å². The molecule has 2 rings (SSSR count). The lowest BCUT2D eigenvalue weighted by atomic mass is 10.1.